The highest BCUT2D eigenvalue weighted by molar-refractivity contribution is 6.07. The highest BCUT2D eigenvalue weighted by atomic mass is 16.2. The minimum absolute atomic E-state index is 0.0190. The van der Waals surface area contributed by atoms with Crippen molar-refractivity contribution in [3.05, 3.63) is 82.3 Å². The number of carbonyl (C=O) groups is 1. The highest BCUT2D eigenvalue weighted by Gasteiger charge is 2.23. The Morgan fingerprint density at radius 3 is 2.61 bits per heavy atom. The van der Waals surface area contributed by atoms with Crippen molar-refractivity contribution in [1.82, 2.24) is 19.5 Å². The van der Waals surface area contributed by atoms with Crippen LogP contribution >= 0.6 is 0 Å². The number of nitrogen functional groups attached to an aromatic ring is 1. The molecule has 1 aliphatic rings. The van der Waals surface area contributed by atoms with E-state index in [9.17, 15) is 9.59 Å². The largest absolute Gasteiger partial charge is 0.394 e. The summed E-state index contributed by atoms with van der Waals surface area (Å²) in [6.45, 7) is 2.61. The number of aryl methyl sites for hydroxylation is 1. The van der Waals surface area contributed by atoms with Crippen LogP contribution in [0.4, 0.5) is 5.69 Å². The number of amides is 1. The Hall–Kier alpha value is -4.20. The zero-order valence-electron chi connectivity index (χ0n) is 18.4. The average Bonchev–Trinajstić information content (AvgIpc) is 3.15. The number of nitrogens with zero attached hydrogens (tertiary/aromatic N) is 4. The standard InChI is InChI=1S/C25H24N6O2/c1-15-10-22(32)28-29-23(15)17-8-9-21-20(12-17)27-24(18-11-19(26)25(33)30(2)14-18)31(21)13-16-6-4-3-5-7-16/h3-9,11-12,14-15H,10,13,26H2,1-2H3,(H,28,32). The van der Waals surface area contributed by atoms with Crippen molar-refractivity contribution in [2.24, 2.45) is 18.1 Å². The zero-order chi connectivity index (χ0) is 23.1. The molecule has 8 nitrogen and oxygen atoms in total. The number of pyridine rings is 1. The zero-order valence-corrected chi connectivity index (χ0v) is 18.4. The monoisotopic (exact) mass is 440 g/mol. The molecule has 1 atom stereocenters. The first kappa shape index (κ1) is 20.7. The third-order valence-electron chi connectivity index (χ3n) is 5.96. The number of nitrogens with two attached hydrogens (primary N) is 1. The van der Waals surface area contributed by atoms with E-state index in [1.807, 2.05) is 43.3 Å². The molecule has 0 saturated heterocycles. The van der Waals surface area contributed by atoms with Crippen LogP contribution in [0.2, 0.25) is 0 Å². The number of anilines is 1. The molecule has 33 heavy (non-hydrogen) atoms. The molecule has 0 fully saturated rings. The Morgan fingerprint density at radius 2 is 1.88 bits per heavy atom. The first-order valence-corrected chi connectivity index (χ1v) is 10.8. The van der Waals surface area contributed by atoms with Gasteiger partial charge in [-0.1, -0.05) is 43.3 Å². The molecule has 5 rings (SSSR count). The molecule has 166 valence electrons. The van der Waals surface area contributed by atoms with Crippen LogP contribution in [0, 0.1) is 5.92 Å². The molecule has 0 aliphatic carbocycles. The number of hydrogen-bond donors (Lipinski definition) is 2. The number of rotatable bonds is 4. The van der Waals surface area contributed by atoms with Gasteiger partial charge in [-0.2, -0.15) is 5.10 Å². The van der Waals surface area contributed by atoms with Crippen molar-refractivity contribution < 1.29 is 4.79 Å². The van der Waals surface area contributed by atoms with Crippen molar-refractivity contribution in [3.8, 4) is 11.4 Å². The predicted octanol–water partition coefficient (Wildman–Crippen LogP) is 2.89. The maximum atomic E-state index is 12.1. The molecule has 4 aromatic rings. The fraction of sp³-hybridized carbons (Fsp3) is 0.200. The minimum atomic E-state index is -0.238. The van der Waals surface area contributed by atoms with Crippen molar-refractivity contribution in [2.45, 2.75) is 19.9 Å². The Balaban J connectivity index is 1.68. The van der Waals surface area contributed by atoms with E-state index < -0.39 is 0 Å². The van der Waals surface area contributed by atoms with Crippen LogP contribution in [0.1, 0.15) is 24.5 Å². The molecule has 2 aromatic carbocycles. The van der Waals surface area contributed by atoms with Crippen LogP contribution in [-0.2, 0) is 18.4 Å². The van der Waals surface area contributed by atoms with E-state index in [4.69, 9.17) is 10.7 Å². The normalized spacial score (nSPS) is 16.0. The quantitative estimate of drug-likeness (QED) is 0.509. The summed E-state index contributed by atoms with van der Waals surface area (Å²) in [5.41, 5.74) is 13.9. The van der Waals surface area contributed by atoms with Crippen molar-refractivity contribution in [2.75, 3.05) is 5.73 Å². The lowest BCUT2D eigenvalue weighted by molar-refractivity contribution is -0.121. The van der Waals surface area contributed by atoms with Crippen molar-refractivity contribution in [3.63, 3.8) is 0 Å². The first-order chi connectivity index (χ1) is 15.9. The minimum Gasteiger partial charge on any atom is -0.394 e. The van der Waals surface area contributed by atoms with Gasteiger partial charge in [-0.15, -0.1) is 0 Å². The second kappa shape index (κ2) is 8.05. The van der Waals surface area contributed by atoms with Gasteiger partial charge in [0.1, 0.15) is 5.82 Å². The predicted molar refractivity (Wildman–Crippen MR) is 129 cm³/mol. The van der Waals surface area contributed by atoms with Gasteiger partial charge >= 0.3 is 0 Å². The molecule has 1 amide bonds. The fourth-order valence-corrected chi connectivity index (χ4v) is 4.30. The highest BCUT2D eigenvalue weighted by Crippen LogP contribution is 2.28. The fourth-order valence-electron chi connectivity index (χ4n) is 4.30. The van der Waals surface area contributed by atoms with E-state index in [0.717, 1.165) is 39.3 Å². The lowest BCUT2D eigenvalue weighted by Crippen LogP contribution is -2.31. The smallest absolute Gasteiger partial charge is 0.273 e. The maximum Gasteiger partial charge on any atom is 0.273 e. The summed E-state index contributed by atoms with van der Waals surface area (Å²) in [6.07, 6.45) is 2.16. The molecular weight excluding hydrogens is 416 g/mol. The van der Waals surface area contributed by atoms with E-state index in [-0.39, 0.29) is 23.1 Å². The molecule has 0 bridgehead atoms. The average molecular weight is 441 g/mol. The van der Waals surface area contributed by atoms with Crippen LogP contribution in [0.15, 0.2) is 70.7 Å². The summed E-state index contributed by atoms with van der Waals surface area (Å²) in [4.78, 5) is 28.7. The van der Waals surface area contributed by atoms with Crippen LogP contribution in [0.3, 0.4) is 0 Å². The van der Waals surface area contributed by atoms with Crippen molar-refractivity contribution in [1.29, 1.82) is 0 Å². The summed E-state index contributed by atoms with van der Waals surface area (Å²) < 4.78 is 3.60. The Bertz CT molecular complexity index is 1440. The van der Waals surface area contributed by atoms with Gasteiger partial charge in [0.15, 0.2) is 0 Å². The number of nitrogens with one attached hydrogen (secondary N) is 1. The molecule has 8 heteroatoms. The van der Waals surface area contributed by atoms with Gasteiger partial charge in [0.05, 0.1) is 22.4 Å². The van der Waals surface area contributed by atoms with Gasteiger partial charge in [-0.05, 0) is 23.8 Å². The van der Waals surface area contributed by atoms with E-state index in [0.29, 0.717) is 13.0 Å². The number of aromatic nitrogens is 3. The van der Waals surface area contributed by atoms with Crippen molar-refractivity contribution >= 4 is 28.3 Å². The van der Waals surface area contributed by atoms with Gasteiger partial charge < -0.3 is 14.9 Å². The Labute approximate surface area is 190 Å². The molecule has 2 aromatic heterocycles. The number of hydrazone groups is 1. The lowest BCUT2D eigenvalue weighted by atomic mass is 9.94. The van der Waals surface area contributed by atoms with E-state index in [2.05, 4.69) is 27.2 Å². The molecule has 3 N–H and O–H groups in total. The van der Waals surface area contributed by atoms with Crippen LogP contribution < -0.4 is 16.7 Å². The maximum absolute atomic E-state index is 12.1. The molecule has 1 unspecified atom stereocenters. The molecule has 0 saturated carbocycles. The summed E-state index contributed by atoms with van der Waals surface area (Å²) in [7, 11) is 1.68. The van der Waals surface area contributed by atoms with Gasteiger partial charge in [0.25, 0.3) is 5.56 Å². The van der Waals surface area contributed by atoms with Crippen LogP contribution in [-0.4, -0.2) is 25.7 Å². The lowest BCUT2D eigenvalue weighted by Gasteiger charge is -2.19. The third kappa shape index (κ3) is 3.80. The number of fused-ring (bicyclic) bond motifs is 1. The summed E-state index contributed by atoms with van der Waals surface area (Å²) >= 11 is 0. The number of carbonyl (C=O) groups excluding carboxylic acids is 1. The summed E-state index contributed by atoms with van der Waals surface area (Å²) in [5.74, 6) is 0.666. The third-order valence-corrected chi connectivity index (χ3v) is 5.96. The van der Waals surface area contributed by atoms with Crippen LogP contribution in [0.5, 0.6) is 0 Å². The second-order valence-electron chi connectivity index (χ2n) is 8.45. The molecule has 0 spiro atoms. The number of imidazole rings is 1. The Kier molecular flexibility index (Phi) is 5.05. The number of benzene rings is 2. The molecular formula is C25H24N6O2. The van der Waals surface area contributed by atoms with E-state index in [1.54, 1.807) is 19.3 Å². The number of hydrogen-bond acceptors (Lipinski definition) is 5. The van der Waals surface area contributed by atoms with Gasteiger partial charge in [-0.25, -0.2) is 10.4 Å². The topological polar surface area (TPSA) is 107 Å². The molecule has 0 radical (unpaired) electrons. The van der Waals surface area contributed by atoms with Crippen LogP contribution in [0.25, 0.3) is 22.4 Å². The SMILES string of the molecule is CC1CC(=O)NN=C1c1ccc2c(c1)nc(-c1cc(N)c(=O)n(C)c1)n2Cc1ccccc1. The summed E-state index contributed by atoms with van der Waals surface area (Å²) in [6, 6.07) is 17.9. The molecule has 3 heterocycles. The first-order valence-electron chi connectivity index (χ1n) is 10.8. The second-order valence-corrected chi connectivity index (χ2v) is 8.45. The van der Waals surface area contributed by atoms with Gasteiger partial charge in [-0.3, -0.25) is 9.59 Å². The van der Waals surface area contributed by atoms with Gasteiger partial charge in [0.2, 0.25) is 5.91 Å². The summed E-state index contributed by atoms with van der Waals surface area (Å²) in [5, 5.41) is 4.28. The van der Waals surface area contributed by atoms with E-state index in [1.165, 1.54) is 4.57 Å². The van der Waals surface area contributed by atoms with Gasteiger partial charge in [0, 0.05) is 43.3 Å². The molecule has 1 aliphatic heterocycles. The van der Waals surface area contributed by atoms with E-state index >= 15 is 0 Å². The Morgan fingerprint density at radius 1 is 1.09 bits per heavy atom.